The van der Waals surface area contributed by atoms with E-state index in [1.807, 2.05) is 49.1 Å². The molecule has 5 nitrogen and oxygen atoms in total. The molecule has 5 heteroatoms. The average Bonchev–Trinajstić information content (AvgIpc) is 3.25. The summed E-state index contributed by atoms with van der Waals surface area (Å²) in [5.41, 5.74) is 3.86. The fourth-order valence-corrected chi connectivity index (χ4v) is 8.47. The Morgan fingerprint density at radius 3 is 2.61 bits per heavy atom. The molecule has 38 heavy (non-hydrogen) atoms. The molecule has 0 saturated heterocycles. The number of fused-ring (bicyclic) bond motifs is 5. The molecule has 0 bridgehead atoms. The minimum absolute atomic E-state index is 0.0248. The van der Waals surface area contributed by atoms with E-state index < -0.39 is 0 Å². The van der Waals surface area contributed by atoms with Gasteiger partial charge in [-0.3, -0.25) is 4.79 Å². The summed E-state index contributed by atoms with van der Waals surface area (Å²) < 4.78 is 11.9. The first-order valence-corrected chi connectivity index (χ1v) is 14.7. The lowest BCUT2D eigenvalue weighted by molar-refractivity contribution is 0.000862. The Balaban J connectivity index is 1.25. The second-order valence-electron chi connectivity index (χ2n) is 12.2. The van der Waals surface area contributed by atoms with Crippen LogP contribution in [0.5, 0.6) is 17.2 Å². The van der Waals surface area contributed by atoms with E-state index in [0.29, 0.717) is 65.7 Å². The van der Waals surface area contributed by atoms with Crippen molar-refractivity contribution in [3.05, 3.63) is 53.1 Å². The second-order valence-corrected chi connectivity index (χ2v) is 12.2. The first-order valence-electron chi connectivity index (χ1n) is 14.7. The van der Waals surface area contributed by atoms with Crippen molar-refractivity contribution >= 4 is 5.91 Å². The summed E-state index contributed by atoms with van der Waals surface area (Å²) in [6.45, 7) is 11.0. The molecule has 0 radical (unpaired) electrons. The van der Waals surface area contributed by atoms with E-state index in [1.54, 1.807) is 7.11 Å². The molecule has 1 amide bonds. The number of carbonyl (C=O) groups excluding carboxylic acids is 1. The van der Waals surface area contributed by atoms with Crippen LogP contribution in [0.25, 0.3) is 0 Å². The third-order valence-electron chi connectivity index (χ3n) is 10.4. The van der Waals surface area contributed by atoms with Crippen LogP contribution >= 0.6 is 0 Å². The van der Waals surface area contributed by atoms with E-state index in [9.17, 15) is 9.90 Å². The van der Waals surface area contributed by atoms with Crippen molar-refractivity contribution in [2.75, 3.05) is 26.8 Å². The summed E-state index contributed by atoms with van der Waals surface area (Å²) in [6.07, 6.45) is 7.22. The number of carbonyl (C=O) groups is 1. The Bertz CT molecular complexity index is 1160. The number of aromatic hydroxyl groups is 1. The van der Waals surface area contributed by atoms with Crippen molar-refractivity contribution in [1.29, 1.82) is 0 Å². The Labute approximate surface area is 228 Å². The van der Waals surface area contributed by atoms with Crippen molar-refractivity contribution < 1.29 is 19.4 Å². The normalized spacial score (nSPS) is 29.7. The molecule has 206 valence electrons. The Morgan fingerprint density at radius 1 is 1.08 bits per heavy atom. The number of hydrogen-bond acceptors (Lipinski definition) is 4. The van der Waals surface area contributed by atoms with Gasteiger partial charge in [0, 0.05) is 18.7 Å². The van der Waals surface area contributed by atoms with E-state index in [1.165, 1.54) is 36.8 Å². The predicted octanol–water partition coefficient (Wildman–Crippen LogP) is 7.07. The topological polar surface area (TPSA) is 59.0 Å². The van der Waals surface area contributed by atoms with Gasteiger partial charge in [-0.2, -0.15) is 0 Å². The molecule has 5 rings (SSSR count). The van der Waals surface area contributed by atoms with Crippen LogP contribution in [0.3, 0.4) is 0 Å². The standard InChI is InChI=1S/C33H45NO4/c1-6-34(7-2)32(36)22-8-13-29(30(20-22)37-5)38-17-15-24-9-12-28-31-21(3)18-23-19-25(35)10-11-26(23)27(31)14-16-33(24,28)4/h8,10-11,13,19-21,24,27-28,31,35H,6-7,9,12,14-18H2,1-5H3/t21-,24-,27?,28?,31?,33?/m1/s1. The van der Waals surface area contributed by atoms with E-state index in [4.69, 9.17) is 9.47 Å². The minimum Gasteiger partial charge on any atom is -0.508 e. The summed E-state index contributed by atoms with van der Waals surface area (Å²) in [5, 5.41) is 10.0. The van der Waals surface area contributed by atoms with Gasteiger partial charge in [-0.25, -0.2) is 0 Å². The highest BCUT2D eigenvalue weighted by Gasteiger charge is 2.55. The van der Waals surface area contributed by atoms with E-state index in [2.05, 4.69) is 19.9 Å². The highest BCUT2D eigenvalue weighted by atomic mass is 16.5. The van der Waals surface area contributed by atoms with E-state index in [0.717, 1.165) is 24.7 Å². The van der Waals surface area contributed by atoms with Gasteiger partial charge in [0.25, 0.3) is 5.91 Å². The van der Waals surface area contributed by atoms with Gasteiger partial charge in [-0.05, 0) is 129 Å². The first-order chi connectivity index (χ1) is 18.3. The van der Waals surface area contributed by atoms with E-state index >= 15 is 0 Å². The van der Waals surface area contributed by atoms with Gasteiger partial charge in [0.15, 0.2) is 11.5 Å². The Morgan fingerprint density at radius 2 is 1.87 bits per heavy atom. The van der Waals surface area contributed by atoms with Gasteiger partial charge in [-0.15, -0.1) is 0 Å². The molecule has 2 aromatic rings. The van der Waals surface area contributed by atoms with Crippen molar-refractivity contribution in [1.82, 2.24) is 4.90 Å². The number of phenols is 1. The van der Waals surface area contributed by atoms with Gasteiger partial charge < -0.3 is 19.5 Å². The first kappa shape index (κ1) is 26.9. The van der Waals surface area contributed by atoms with E-state index in [-0.39, 0.29) is 5.91 Å². The summed E-state index contributed by atoms with van der Waals surface area (Å²) in [4.78, 5) is 14.6. The molecule has 4 unspecified atom stereocenters. The third-order valence-corrected chi connectivity index (χ3v) is 10.4. The summed E-state index contributed by atoms with van der Waals surface area (Å²) in [5.74, 6) is 5.19. The summed E-state index contributed by atoms with van der Waals surface area (Å²) in [6, 6.07) is 11.6. The van der Waals surface area contributed by atoms with Gasteiger partial charge >= 0.3 is 0 Å². The molecule has 6 atom stereocenters. The van der Waals surface area contributed by atoms with Crippen molar-refractivity contribution in [3.63, 3.8) is 0 Å². The maximum atomic E-state index is 12.8. The lowest BCUT2D eigenvalue weighted by Gasteiger charge is -2.53. The zero-order valence-corrected chi connectivity index (χ0v) is 23.8. The van der Waals surface area contributed by atoms with Crippen LogP contribution < -0.4 is 9.47 Å². The molecule has 2 aromatic carbocycles. The van der Waals surface area contributed by atoms with Crippen LogP contribution in [0, 0.1) is 29.1 Å². The van der Waals surface area contributed by atoms with Crippen LogP contribution in [0.4, 0.5) is 0 Å². The quantitative estimate of drug-likeness (QED) is 0.405. The smallest absolute Gasteiger partial charge is 0.253 e. The molecule has 0 aromatic heterocycles. The molecule has 3 aliphatic rings. The number of benzene rings is 2. The second kappa shape index (κ2) is 10.8. The number of ether oxygens (including phenoxy) is 2. The minimum atomic E-state index is 0.0248. The zero-order chi connectivity index (χ0) is 27.0. The molecule has 3 aliphatic carbocycles. The maximum Gasteiger partial charge on any atom is 0.253 e. The molecule has 0 aliphatic heterocycles. The highest BCUT2D eigenvalue weighted by molar-refractivity contribution is 5.94. The fraction of sp³-hybridized carbons (Fsp3) is 0.606. The highest BCUT2D eigenvalue weighted by Crippen LogP contribution is 2.64. The summed E-state index contributed by atoms with van der Waals surface area (Å²) >= 11 is 0. The number of rotatable bonds is 8. The average molecular weight is 520 g/mol. The maximum absolute atomic E-state index is 12.8. The van der Waals surface area contributed by atoms with Crippen molar-refractivity contribution in [2.24, 2.45) is 29.1 Å². The van der Waals surface area contributed by atoms with Crippen molar-refractivity contribution in [2.45, 2.75) is 72.1 Å². The number of nitrogens with zero attached hydrogens (tertiary/aromatic N) is 1. The third kappa shape index (κ3) is 4.67. The molecule has 1 N–H and O–H groups in total. The van der Waals surface area contributed by atoms with Crippen LogP contribution in [-0.2, 0) is 6.42 Å². The van der Waals surface area contributed by atoms with Crippen LogP contribution in [0.2, 0.25) is 0 Å². The fourth-order valence-electron chi connectivity index (χ4n) is 8.47. The largest absolute Gasteiger partial charge is 0.508 e. The van der Waals surface area contributed by atoms with Crippen LogP contribution in [-0.4, -0.2) is 42.7 Å². The molecule has 2 fully saturated rings. The molecule has 2 saturated carbocycles. The number of hydrogen-bond donors (Lipinski definition) is 1. The monoisotopic (exact) mass is 519 g/mol. The number of amides is 1. The number of phenolic OH excluding ortho intramolecular Hbond substituents is 1. The predicted molar refractivity (Wildman–Crippen MR) is 151 cm³/mol. The van der Waals surface area contributed by atoms with Gasteiger partial charge in [0.1, 0.15) is 5.75 Å². The Hall–Kier alpha value is -2.69. The van der Waals surface area contributed by atoms with Crippen LogP contribution in [0.1, 0.15) is 87.2 Å². The molecule has 0 spiro atoms. The lowest BCUT2D eigenvalue weighted by Crippen LogP contribution is -2.45. The SMILES string of the molecule is CCN(CC)C(=O)c1ccc(OCC[C@H]2CCC3C4C(CCC32C)c2ccc(O)cc2C[C@H]4C)c(OC)c1. The molecule has 0 heterocycles. The summed E-state index contributed by atoms with van der Waals surface area (Å²) in [7, 11) is 1.64. The molecular weight excluding hydrogens is 474 g/mol. The van der Waals surface area contributed by atoms with Gasteiger partial charge in [0.05, 0.1) is 13.7 Å². The Kier molecular flexibility index (Phi) is 7.66. The number of methoxy groups -OCH3 is 1. The van der Waals surface area contributed by atoms with Gasteiger partial charge in [-0.1, -0.05) is 19.9 Å². The zero-order valence-electron chi connectivity index (χ0n) is 23.8. The van der Waals surface area contributed by atoms with Crippen LogP contribution in [0.15, 0.2) is 36.4 Å². The van der Waals surface area contributed by atoms with Crippen molar-refractivity contribution in [3.8, 4) is 17.2 Å². The lowest BCUT2D eigenvalue weighted by atomic mass is 9.51. The van der Waals surface area contributed by atoms with Gasteiger partial charge in [0.2, 0.25) is 0 Å². The molecular formula is C33H45NO4.